The van der Waals surface area contributed by atoms with E-state index in [9.17, 15) is 0 Å². The summed E-state index contributed by atoms with van der Waals surface area (Å²) in [4.78, 5) is 3.38. The van der Waals surface area contributed by atoms with Crippen LogP contribution in [-0.2, 0) is 12.6 Å². The number of rotatable bonds is 2. The quantitative estimate of drug-likeness (QED) is 0.502. The molecule has 0 aliphatic rings. The van der Waals surface area contributed by atoms with Crippen LogP contribution in [0.5, 0.6) is 0 Å². The zero-order valence-corrected chi connectivity index (χ0v) is 10.3. The summed E-state index contributed by atoms with van der Waals surface area (Å²) in [6.07, 6.45) is 0. The molecule has 0 rings (SSSR count). The van der Waals surface area contributed by atoms with Gasteiger partial charge >= 0.3 is 0 Å². The van der Waals surface area contributed by atoms with Crippen molar-refractivity contribution >= 4 is 29.2 Å². The Kier molecular flexibility index (Phi) is 11.1. The molecule has 0 aliphatic heterocycles. The van der Waals surface area contributed by atoms with Gasteiger partial charge in [-0.15, -0.1) is 0 Å². The molecule has 0 aliphatic carbocycles. The number of quaternary nitrogens is 1. The Balaban J connectivity index is 0. The number of nitrogens with one attached hydrogen (secondary N) is 1. The molecule has 74 valence electrons. The van der Waals surface area contributed by atoms with E-state index in [1.807, 2.05) is 18.7 Å². The monoisotopic (exact) mass is 208 g/mol. The first-order chi connectivity index (χ1) is 5.45. The summed E-state index contributed by atoms with van der Waals surface area (Å²) in [6.45, 7) is 5.95. The second kappa shape index (κ2) is 9.16. The predicted molar refractivity (Wildman–Crippen MR) is 61.6 cm³/mol. The minimum absolute atomic E-state index is 0.579. The smallest absolute Gasteiger partial charge is 0.0661 e. The van der Waals surface area contributed by atoms with Gasteiger partial charge in [0.05, 0.1) is 21.1 Å². The largest absolute Gasteiger partial charge is 0.411 e. The molecular weight excluding hydrogens is 188 g/mol. The lowest BCUT2D eigenvalue weighted by Gasteiger charge is -2.24. The molecule has 0 heterocycles. The van der Waals surface area contributed by atoms with Crippen LogP contribution in [0.15, 0.2) is 0 Å². The maximum absolute atomic E-state index is 4.76. The van der Waals surface area contributed by atoms with Crippen molar-refractivity contribution in [3.05, 3.63) is 0 Å². The van der Waals surface area contributed by atoms with Crippen LogP contribution in [0.1, 0.15) is 13.8 Å². The molecule has 0 aromatic rings. The molecule has 1 N–H and O–H groups in total. The standard InChI is InChI=1S/C5H11NS2.C3H9N/c1-3-6(4-2)5(7)8;1-4(2)3/h3-4H2,1-2H3,(H,7,8);1-3H3. The fourth-order valence-electron chi connectivity index (χ4n) is 0.482. The zero-order chi connectivity index (χ0) is 10.1. The molecular formula is C8H20N2S2. The number of hydrogen-bond donors (Lipinski definition) is 1. The van der Waals surface area contributed by atoms with E-state index in [2.05, 4.69) is 21.1 Å². The molecule has 0 saturated carbocycles. The van der Waals surface area contributed by atoms with Crippen LogP contribution < -0.4 is 4.90 Å². The minimum atomic E-state index is 0.579. The van der Waals surface area contributed by atoms with Crippen molar-refractivity contribution in [3.8, 4) is 0 Å². The van der Waals surface area contributed by atoms with Crippen LogP contribution in [-0.4, -0.2) is 43.5 Å². The van der Waals surface area contributed by atoms with E-state index in [-0.39, 0.29) is 0 Å². The van der Waals surface area contributed by atoms with Crippen molar-refractivity contribution in [3.63, 3.8) is 0 Å². The van der Waals surface area contributed by atoms with Gasteiger partial charge in [0.15, 0.2) is 0 Å². The van der Waals surface area contributed by atoms with E-state index in [1.165, 1.54) is 4.90 Å². The van der Waals surface area contributed by atoms with E-state index in [4.69, 9.17) is 24.8 Å². The third-order valence-electron chi connectivity index (χ3n) is 1.02. The van der Waals surface area contributed by atoms with Crippen LogP contribution in [0.25, 0.3) is 0 Å². The second-order valence-corrected chi connectivity index (χ2v) is 3.97. The number of hydrogen-bond acceptors (Lipinski definition) is 2. The van der Waals surface area contributed by atoms with Crippen molar-refractivity contribution in [1.29, 1.82) is 0 Å². The topological polar surface area (TPSA) is 7.68 Å². The van der Waals surface area contributed by atoms with Gasteiger partial charge in [-0.25, -0.2) is 0 Å². The summed E-state index contributed by atoms with van der Waals surface area (Å²) in [5, 5.41) is 0. The van der Waals surface area contributed by atoms with Crippen LogP contribution in [0.2, 0.25) is 0 Å². The third-order valence-corrected chi connectivity index (χ3v) is 1.54. The van der Waals surface area contributed by atoms with Gasteiger partial charge in [-0.3, -0.25) is 0 Å². The first-order valence-corrected chi connectivity index (χ1v) is 5.00. The molecule has 0 atom stereocenters. The molecule has 12 heavy (non-hydrogen) atoms. The average molecular weight is 208 g/mol. The maximum Gasteiger partial charge on any atom is 0.0661 e. The molecule has 4 heteroatoms. The molecule has 0 aromatic heterocycles. The normalized spacial score (nSPS) is 8.83. The van der Waals surface area contributed by atoms with Crippen molar-refractivity contribution < 1.29 is 4.90 Å². The first kappa shape index (κ1) is 14.6. The van der Waals surface area contributed by atoms with Crippen LogP contribution >= 0.6 is 12.2 Å². The Morgan fingerprint density at radius 3 is 1.50 bits per heavy atom. The van der Waals surface area contributed by atoms with Gasteiger partial charge in [0.1, 0.15) is 0 Å². The molecule has 0 radical (unpaired) electrons. The molecule has 0 amide bonds. The highest BCUT2D eigenvalue weighted by atomic mass is 32.1. The van der Waals surface area contributed by atoms with E-state index in [1.54, 1.807) is 0 Å². The van der Waals surface area contributed by atoms with Crippen LogP contribution in [0.3, 0.4) is 0 Å². The fraction of sp³-hybridized carbons (Fsp3) is 0.875. The van der Waals surface area contributed by atoms with Crippen LogP contribution in [0, 0.1) is 0 Å². The van der Waals surface area contributed by atoms with Gasteiger partial charge in [-0.05, 0) is 13.8 Å². The molecule has 0 fully saturated rings. The van der Waals surface area contributed by atoms with Crippen molar-refractivity contribution in [2.24, 2.45) is 0 Å². The average Bonchev–Trinajstić information content (AvgIpc) is 1.87. The van der Waals surface area contributed by atoms with Crippen molar-refractivity contribution in [2.45, 2.75) is 13.8 Å². The summed E-state index contributed by atoms with van der Waals surface area (Å²) in [7, 11) is 6.25. The molecule has 2 nitrogen and oxygen atoms in total. The van der Waals surface area contributed by atoms with Crippen molar-refractivity contribution in [2.75, 3.05) is 34.2 Å². The van der Waals surface area contributed by atoms with Gasteiger partial charge in [-0.2, -0.15) is 0 Å². The predicted octanol–water partition coefficient (Wildman–Crippen LogP) is -0.0793. The SMILES string of the molecule is CCN(CC)C(=S)[S-].C[NH+](C)C. The van der Waals surface area contributed by atoms with Gasteiger partial charge in [-0.1, -0.05) is 4.32 Å². The Hall–Kier alpha value is 0.0700. The first-order valence-electron chi connectivity index (χ1n) is 4.18. The third kappa shape index (κ3) is 12.7. The molecule has 0 saturated heterocycles. The van der Waals surface area contributed by atoms with E-state index in [0.29, 0.717) is 4.32 Å². The summed E-state index contributed by atoms with van der Waals surface area (Å²) in [5.74, 6) is 0. The Morgan fingerprint density at radius 2 is 1.50 bits per heavy atom. The van der Waals surface area contributed by atoms with Crippen molar-refractivity contribution in [1.82, 2.24) is 4.90 Å². The number of thiocarbonyl (C=S) groups is 1. The molecule has 0 spiro atoms. The molecule has 0 unspecified atom stereocenters. The highest BCUT2D eigenvalue weighted by Crippen LogP contribution is 1.87. The summed E-state index contributed by atoms with van der Waals surface area (Å²) >= 11 is 9.51. The number of nitrogens with zero attached hydrogens (tertiary/aromatic N) is 1. The van der Waals surface area contributed by atoms with E-state index in [0.717, 1.165) is 13.1 Å². The Bertz CT molecular complexity index is 109. The fourth-order valence-corrected chi connectivity index (χ4v) is 0.998. The maximum atomic E-state index is 4.76. The molecule has 0 bridgehead atoms. The Labute approximate surface area is 87.3 Å². The lowest BCUT2D eigenvalue weighted by atomic mass is 10.6. The lowest BCUT2D eigenvalue weighted by molar-refractivity contribution is -0.836. The second-order valence-electron chi connectivity index (χ2n) is 2.94. The van der Waals surface area contributed by atoms with Crippen LogP contribution in [0.4, 0.5) is 0 Å². The lowest BCUT2D eigenvalue weighted by Crippen LogP contribution is -3.02. The van der Waals surface area contributed by atoms with E-state index >= 15 is 0 Å². The minimum Gasteiger partial charge on any atom is -0.411 e. The van der Waals surface area contributed by atoms with E-state index < -0.39 is 0 Å². The summed E-state index contributed by atoms with van der Waals surface area (Å²) < 4.78 is 0.579. The zero-order valence-electron chi connectivity index (χ0n) is 8.68. The molecule has 0 aromatic carbocycles. The highest BCUT2D eigenvalue weighted by Gasteiger charge is 1.88. The Morgan fingerprint density at radius 1 is 1.25 bits per heavy atom. The summed E-state index contributed by atoms with van der Waals surface area (Å²) in [5.41, 5.74) is 0. The van der Waals surface area contributed by atoms with Gasteiger partial charge in [0.25, 0.3) is 0 Å². The highest BCUT2D eigenvalue weighted by molar-refractivity contribution is 8.00. The van der Waals surface area contributed by atoms with Gasteiger partial charge < -0.3 is 34.6 Å². The summed E-state index contributed by atoms with van der Waals surface area (Å²) in [6, 6.07) is 0. The van der Waals surface area contributed by atoms with Gasteiger partial charge in [0.2, 0.25) is 0 Å². The van der Waals surface area contributed by atoms with Gasteiger partial charge in [0, 0.05) is 13.1 Å².